The van der Waals surface area contributed by atoms with E-state index in [0.717, 1.165) is 19.6 Å². The van der Waals surface area contributed by atoms with Gasteiger partial charge in [-0.2, -0.15) is 2.74 Å². The number of hydrogen-bond donors (Lipinski definition) is 0. The number of carbonyl (C=O) groups is 1. The third-order valence-electron chi connectivity index (χ3n) is 4.94. The Balaban J connectivity index is -0.000000437. The molecule has 160 valence electrons. The summed E-state index contributed by atoms with van der Waals surface area (Å²) < 4.78 is 14.9. The van der Waals surface area contributed by atoms with E-state index in [0.29, 0.717) is 7.92 Å². The number of carbonyl (C=O) groups excluding carboxylic acids is 3. The van der Waals surface area contributed by atoms with Crippen LogP contribution in [0.1, 0.15) is 80.3 Å². The predicted octanol–water partition coefficient (Wildman–Crippen LogP) is 5.34. The second-order valence-corrected chi connectivity index (χ2v) is 9.49. The van der Waals surface area contributed by atoms with Gasteiger partial charge in [-0.15, -0.1) is 7.92 Å². The molecular weight excluding hydrogens is 406 g/mol. The molecule has 0 atom stereocenters. The molecule has 0 N–H and O–H groups in total. The van der Waals surface area contributed by atoms with E-state index >= 15 is 0 Å². The first kappa shape index (κ1) is 26.5. The fraction of sp³-hybridized carbons (Fsp3) is 0.762. The smallest absolute Gasteiger partial charge is 0.545 e. The Bertz CT molecular complexity index is 378. The van der Waals surface area contributed by atoms with Crippen molar-refractivity contribution in [3.8, 4) is 0 Å². The van der Waals surface area contributed by atoms with Gasteiger partial charge >= 0.3 is 22.5 Å². The first-order valence-corrected chi connectivity index (χ1v) is 11.3. The number of ether oxygens (including phenoxy) is 1. The summed E-state index contributed by atoms with van der Waals surface area (Å²) in [7, 11) is 1.71. The molecule has 2 aliphatic carbocycles. The molecule has 2 saturated carbocycles. The van der Waals surface area contributed by atoms with Crippen LogP contribution in [-0.4, -0.2) is 44.1 Å². The average Bonchev–Trinajstić information content (AvgIpc) is 2.74. The second kappa shape index (κ2) is 23.5. The molecule has 0 aliphatic heterocycles. The van der Waals surface area contributed by atoms with Crippen molar-refractivity contribution in [2.45, 2.75) is 88.9 Å². The van der Waals surface area contributed by atoms with Crippen molar-refractivity contribution in [2.75, 3.05) is 13.3 Å². The van der Waals surface area contributed by atoms with Gasteiger partial charge in [-0.05, 0) is 43.2 Å². The first-order chi connectivity index (χ1) is 13.6. The second-order valence-electron chi connectivity index (χ2n) is 6.55. The molecule has 2 fully saturated rings. The minimum absolute atomic E-state index is 0. The quantitative estimate of drug-likeness (QED) is 0.143. The SMILES string of the molecule is C=CC(=O)OC.CCCP(C1CCCCC1)C1CCCCC1.[2H][C-]=O.[2H][C-]=O.[Ni+2]. The van der Waals surface area contributed by atoms with Gasteiger partial charge in [-0.25, -0.2) is 4.79 Å². The molecule has 2 aliphatic rings. The zero-order chi connectivity index (χ0) is 21.6. The zero-order valence-electron chi connectivity index (χ0n) is 18.8. The number of methoxy groups -OCH3 is 1. The Morgan fingerprint density at radius 1 is 1.07 bits per heavy atom. The van der Waals surface area contributed by atoms with Crippen LogP contribution in [-0.2, 0) is 35.6 Å². The Morgan fingerprint density at radius 2 is 1.44 bits per heavy atom. The van der Waals surface area contributed by atoms with E-state index in [1.54, 1.807) is 57.5 Å². The van der Waals surface area contributed by atoms with Crippen molar-refractivity contribution in [2.24, 2.45) is 0 Å². The Kier molecular flexibility index (Phi) is 23.1. The molecule has 0 radical (unpaired) electrons. The molecule has 0 aromatic rings. The minimum atomic E-state index is -0.394. The van der Waals surface area contributed by atoms with Crippen molar-refractivity contribution in [3.63, 3.8) is 0 Å². The van der Waals surface area contributed by atoms with E-state index in [1.807, 2.05) is 0 Å². The van der Waals surface area contributed by atoms with Gasteiger partial charge in [-0.1, -0.05) is 58.4 Å². The molecule has 0 heterocycles. The van der Waals surface area contributed by atoms with Crippen LogP contribution in [0.5, 0.6) is 0 Å². The Morgan fingerprint density at radius 3 is 1.67 bits per heavy atom. The fourth-order valence-electron chi connectivity index (χ4n) is 3.83. The molecule has 0 amide bonds. The number of hydrogen-bond acceptors (Lipinski definition) is 4. The summed E-state index contributed by atoms with van der Waals surface area (Å²) in [6.45, 7) is 7.06. The van der Waals surface area contributed by atoms with Crippen LogP contribution >= 0.6 is 7.92 Å². The molecule has 27 heavy (non-hydrogen) atoms. The Labute approximate surface area is 180 Å². The van der Waals surface area contributed by atoms with Gasteiger partial charge in [0.05, 0.1) is 7.11 Å². The Hall–Kier alpha value is -0.526. The summed E-state index contributed by atoms with van der Waals surface area (Å²) in [5.74, 6) is -0.394. The maximum Gasteiger partial charge on any atom is 2.00 e. The van der Waals surface area contributed by atoms with Crippen LogP contribution in [0.25, 0.3) is 0 Å². The van der Waals surface area contributed by atoms with Crippen molar-refractivity contribution in [1.29, 1.82) is 0 Å². The molecular formula is C21H37NiO4P. The standard InChI is InChI=1S/C15H29P.C4H6O2.2CHO.Ni/c1-2-13-16(14-9-5-3-6-10-14)15-11-7-4-8-12-15;1-3-4(5)6-2;2*1-2;/h14-15H,2-13H2,1H3;3H,1H2,2H3;2*1H;/q;;2*-1;+2/i;;2*1D;. The van der Waals surface area contributed by atoms with Crippen LogP contribution in [0.2, 0.25) is 0 Å². The normalized spacial score (nSPS) is 17.4. The monoisotopic (exact) mass is 444 g/mol. The van der Waals surface area contributed by atoms with E-state index in [-0.39, 0.29) is 16.5 Å². The van der Waals surface area contributed by atoms with Gasteiger partial charge in [0.2, 0.25) is 0 Å². The van der Waals surface area contributed by atoms with Crippen LogP contribution in [0.4, 0.5) is 0 Å². The van der Waals surface area contributed by atoms with Crippen molar-refractivity contribution >= 4 is 27.4 Å². The fourth-order valence-corrected chi connectivity index (χ4v) is 7.73. The molecule has 6 heteroatoms. The third kappa shape index (κ3) is 15.1. The van der Waals surface area contributed by atoms with Gasteiger partial charge in [0.25, 0.3) is 0 Å². The number of esters is 1. The largest absolute Gasteiger partial charge is 2.00 e. The molecule has 0 unspecified atom stereocenters. The van der Waals surface area contributed by atoms with E-state index in [9.17, 15) is 4.79 Å². The van der Waals surface area contributed by atoms with E-state index in [1.165, 1.54) is 37.7 Å². The summed E-state index contributed by atoms with van der Waals surface area (Å²) in [6.07, 6.45) is 19.7. The van der Waals surface area contributed by atoms with Crippen molar-refractivity contribution < 1.29 is 38.4 Å². The van der Waals surface area contributed by atoms with Crippen molar-refractivity contribution in [3.05, 3.63) is 12.7 Å². The molecule has 0 bridgehead atoms. The summed E-state index contributed by atoms with van der Waals surface area (Å²) in [6, 6.07) is 0. The summed E-state index contributed by atoms with van der Waals surface area (Å²) in [5.41, 5.74) is 2.35. The summed E-state index contributed by atoms with van der Waals surface area (Å²) in [4.78, 5) is 26.5. The van der Waals surface area contributed by atoms with Gasteiger partial charge in [-0.3, -0.25) is 13.5 Å². The van der Waals surface area contributed by atoms with E-state index in [2.05, 4.69) is 18.2 Å². The molecule has 4 nitrogen and oxygen atoms in total. The topological polar surface area (TPSA) is 60.4 Å². The maximum atomic E-state index is 9.84. The van der Waals surface area contributed by atoms with Crippen LogP contribution in [0.15, 0.2) is 12.7 Å². The molecule has 0 aromatic heterocycles. The number of rotatable bonds is 5. The predicted molar refractivity (Wildman–Crippen MR) is 112 cm³/mol. The molecule has 0 spiro atoms. The third-order valence-corrected chi connectivity index (χ3v) is 8.81. The summed E-state index contributed by atoms with van der Waals surface area (Å²) in [5, 5.41) is 0. The average molecular weight is 445 g/mol. The minimum Gasteiger partial charge on any atom is -0.545 e. The van der Waals surface area contributed by atoms with Gasteiger partial charge < -0.3 is 14.3 Å². The van der Waals surface area contributed by atoms with Gasteiger partial charge in [0.1, 0.15) is 0 Å². The molecule has 0 aromatic carbocycles. The molecule has 2 rings (SSSR count). The van der Waals surface area contributed by atoms with E-state index < -0.39 is 5.97 Å². The van der Waals surface area contributed by atoms with Crippen molar-refractivity contribution in [1.82, 2.24) is 0 Å². The van der Waals surface area contributed by atoms with Crippen LogP contribution < -0.4 is 0 Å². The summed E-state index contributed by atoms with van der Waals surface area (Å²) >= 11 is 0. The van der Waals surface area contributed by atoms with Gasteiger partial charge in [0, 0.05) is 6.08 Å². The molecule has 0 saturated heterocycles. The van der Waals surface area contributed by atoms with Gasteiger partial charge in [0.15, 0.2) is 0 Å². The maximum absolute atomic E-state index is 9.84. The van der Waals surface area contributed by atoms with Crippen LogP contribution in [0.3, 0.4) is 0 Å². The van der Waals surface area contributed by atoms with E-state index in [4.69, 9.17) is 12.3 Å². The zero-order valence-corrected chi connectivity index (χ0v) is 18.7. The first-order valence-electron chi connectivity index (χ1n) is 10.6. The van der Waals surface area contributed by atoms with Crippen LogP contribution in [0, 0.1) is 0 Å².